The van der Waals surface area contributed by atoms with Crippen molar-refractivity contribution in [3.05, 3.63) is 77.7 Å². The van der Waals surface area contributed by atoms with E-state index in [0.29, 0.717) is 12.1 Å². The second-order valence-electron chi connectivity index (χ2n) is 7.70. The molecule has 1 N–H and O–H groups in total. The quantitative estimate of drug-likeness (QED) is 0.348. The summed E-state index contributed by atoms with van der Waals surface area (Å²) in [5, 5.41) is 7.28. The van der Waals surface area contributed by atoms with E-state index >= 15 is 0 Å². The molecule has 2 aromatic carbocycles. The molecule has 0 saturated carbocycles. The summed E-state index contributed by atoms with van der Waals surface area (Å²) in [5.41, 5.74) is 3.17. The largest absolute Gasteiger partial charge is 0.346 e. The van der Waals surface area contributed by atoms with Crippen molar-refractivity contribution in [3.63, 3.8) is 0 Å². The predicted octanol–water partition coefficient (Wildman–Crippen LogP) is 5.05. The molecule has 3 aromatic rings. The molecule has 6 heteroatoms. The van der Waals surface area contributed by atoms with Gasteiger partial charge in [-0.15, -0.1) is 0 Å². The second-order valence-corrected chi connectivity index (χ2v) is 7.70. The number of nitrogens with one attached hydrogen (secondary N) is 1. The van der Waals surface area contributed by atoms with Crippen molar-refractivity contribution < 1.29 is 14.0 Å². The molecule has 3 rings (SSSR count). The molecule has 0 saturated heterocycles. The number of H-pyrrole nitrogens is 1. The van der Waals surface area contributed by atoms with Crippen molar-refractivity contribution in [2.75, 3.05) is 13.6 Å². The van der Waals surface area contributed by atoms with Gasteiger partial charge in [0.2, 0.25) is 5.91 Å². The van der Waals surface area contributed by atoms with Crippen molar-refractivity contribution in [2.45, 2.75) is 38.5 Å². The zero-order chi connectivity index (χ0) is 22.1. The monoisotopic (exact) mass is 421 g/mol. The Morgan fingerprint density at radius 2 is 1.77 bits per heavy atom. The van der Waals surface area contributed by atoms with Gasteiger partial charge in [-0.05, 0) is 37.5 Å². The highest BCUT2D eigenvalue weighted by atomic mass is 19.1. The molecule has 0 bridgehead atoms. The van der Waals surface area contributed by atoms with E-state index in [-0.39, 0.29) is 30.3 Å². The molecular weight excluding hydrogens is 393 g/mol. The van der Waals surface area contributed by atoms with Gasteiger partial charge in [-0.25, -0.2) is 4.39 Å². The number of benzene rings is 2. The Hall–Kier alpha value is -3.28. The fourth-order valence-electron chi connectivity index (χ4n) is 3.43. The first-order valence-electron chi connectivity index (χ1n) is 10.7. The van der Waals surface area contributed by atoms with Crippen LogP contribution in [0.3, 0.4) is 0 Å². The van der Waals surface area contributed by atoms with Crippen LogP contribution in [0.15, 0.2) is 60.7 Å². The first-order valence-corrected chi connectivity index (χ1v) is 10.7. The lowest BCUT2D eigenvalue weighted by Crippen LogP contribution is -2.28. The Morgan fingerprint density at radius 1 is 0.968 bits per heavy atom. The number of aromatic amines is 1. The van der Waals surface area contributed by atoms with Crippen molar-refractivity contribution in [1.29, 1.82) is 0 Å². The maximum atomic E-state index is 13.4. The molecule has 0 fully saturated rings. The third-order valence-corrected chi connectivity index (χ3v) is 5.28. The van der Waals surface area contributed by atoms with E-state index < -0.39 is 0 Å². The first kappa shape index (κ1) is 22.4. The lowest BCUT2D eigenvalue weighted by molar-refractivity contribution is -0.129. The minimum atomic E-state index is -0.273. The van der Waals surface area contributed by atoms with E-state index in [0.717, 1.165) is 42.6 Å². The summed E-state index contributed by atoms with van der Waals surface area (Å²) < 4.78 is 13.4. The van der Waals surface area contributed by atoms with Crippen LogP contribution in [-0.2, 0) is 11.2 Å². The number of hydrogen-bond acceptors (Lipinski definition) is 3. The van der Waals surface area contributed by atoms with Gasteiger partial charge in [-0.2, -0.15) is 5.10 Å². The molecule has 1 amide bonds. The number of amides is 1. The molecule has 0 radical (unpaired) electrons. The fourth-order valence-corrected chi connectivity index (χ4v) is 3.43. The van der Waals surface area contributed by atoms with E-state index in [2.05, 4.69) is 10.2 Å². The van der Waals surface area contributed by atoms with Crippen molar-refractivity contribution in [1.82, 2.24) is 15.1 Å². The molecule has 1 heterocycles. The van der Waals surface area contributed by atoms with Crippen LogP contribution in [0.4, 0.5) is 4.39 Å². The van der Waals surface area contributed by atoms with E-state index in [1.54, 1.807) is 30.1 Å². The lowest BCUT2D eigenvalue weighted by atomic mass is 10.1. The van der Waals surface area contributed by atoms with Crippen LogP contribution in [0.2, 0.25) is 0 Å². The normalized spacial score (nSPS) is 10.8. The molecule has 0 aliphatic carbocycles. The van der Waals surface area contributed by atoms with Crippen LogP contribution < -0.4 is 0 Å². The summed E-state index contributed by atoms with van der Waals surface area (Å²) >= 11 is 0. The number of ketones is 1. The minimum absolute atomic E-state index is 0.000447. The average molecular weight is 422 g/mol. The number of rotatable bonds is 11. The Bertz CT molecular complexity index is 1000. The number of nitrogens with zero attached hydrogens (tertiary/aromatic N) is 2. The second kappa shape index (κ2) is 11.2. The lowest BCUT2D eigenvalue weighted by Gasteiger charge is -2.16. The zero-order valence-electron chi connectivity index (χ0n) is 17.8. The Labute approximate surface area is 182 Å². The van der Waals surface area contributed by atoms with Crippen LogP contribution in [0.5, 0.6) is 0 Å². The molecule has 5 nitrogen and oxygen atoms in total. The summed E-state index contributed by atoms with van der Waals surface area (Å²) in [7, 11) is 1.79. The number of aromatic nitrogens is 2. The summed E-state index contributed by atoms with van der Waals surface area (Å²) in [5.74, 6) is -0.276. The summed E-state index contributed by atoms with van der Waals surface area (Å²) in [6.45, 7) is 0.676. The minimum Gasteiger partial charge on any atom is -0.346 e. The molecule has 0 spiro atoms. The average Bonchev–Trinajstić information content (AvgIpc) is 3.26. The van der Waals surface area contributed by atoms with Crippen LogP contribution in [-0.4, -0.2) is 40.4 Å². The standard InChI is InChI=1S/C25H28FN3O2/c1-29(25(31)15-14-24(30)19-9-4-2-5-10-19)16-7-3-6-13-22-18-23(28-27-22)20-11-8-12-21(26)17-20/h2,4-5,8-12,17-18H,3,6-7,13-16H2,1H3,(H,27,28). The smallest absolute Gasteiger partial charge is 0.222 e. The Kier molecular flexibility index (Phi) is 8.10. The molecule has 31 heavy (non-hydrogen) atoms. The van der Waals surface area contributed by atoms with E-state index in [4.69, 9.17) is 0 Å². The Balaban J connectivity index is 1.32. The van der Waals surface area contributed by atoms with Gasteiger partial charge in [-0.1, -0.05) is 48.9 Å². The van der Waals surface area contributed by atoms with E-state index in [9.17, 15) is 14.0 Å². The molecule has 0 atom stereocenters. The van der Waals surface area contributed by atoms with Gasteiger partial charge >= 0.3 is 0 Å². The molecule has 1 aromatic heterocycles. The number of unbranched alkanes of at least 4 members (excludes halogenated alkanes) is 2. The highest BCUT2D eigenvalue weighted by Crippen LogP contribution is 2.19. The highest BCUT2D eigenvalue weighted by molar-refractivity contribution is 5.97. The molecule has 0 aliphatic heterocycles. The van der Waals surface area contributed by atoms with Gasteiger partial charge in [0, 0.05) is 43.3 Å². The third-order valence-electron chi connectivity index (χ3n) is 5.28. The van der Waals surface area contributed by atoms with Crippen LogP contribution in [0, 0.1) is 5.82 Å². The predicted molar refractivity (Wildman–Crippen MR) is 119 cm³/mol. The SMILES string of the molecule is CN(CCCCCc1cc(-c2cccc(F)c2)n[nH]1)C(=O)CCC(=O)c1ccccc1. The maximum absolute atomic E-state index is 13.4. The molecule has 0 aliphatic rings. The zero-order valence-corrected chi connectivity index (χ0v) is 17.8. The number of hydrogen-bond donors (Lipinski definition) is 1. The van der Waals surface area contributed by atoms with Gasteiger partial charge < -0.3 is 4.90 Å². The first-order chi connectivity index (χ1) is 15.0. The molecule has 0 unspecified atom stereocenters. The summed E-state index contributed by atoms with van der Waals surface area (Å²) in [6, 6.07) is 17.4. The van der Waals surface area contributed by atoms with Gasteiger partial charge in [0.05, 0.1) is 5.69 Å². The number of Topliss-reactive ketones (excluding diaryl/α,β-unsaturated/α-hetero) is 1. The fraction of sp³-hybridized carbons (Fsp3) is 0.320. The van der Waals surface area contributed by atoms with E-state index in [1.807, 2.05) is 30.3 Å². The highest BCUT2D eigenvalue weighted by Gasteiger charge is 2.12. The van der Waals surface area contributed by atoms with Crippen LogP contribution in [0.25, 0.3) is 11.3 Å². The van der Waals surface area contributed by atoms with Gasteiger partial charge in [0.15, 0.2) is 5.78 Å². The van der Waals surface area contributed by atoms with Gasteiger partial charge in [0.1, 0.15) is 5.82 Å². The number of carbonyl (C=O) groups is 2. The summed E-state index contributed by atoms with van der Waals surface area (Å²) in [4.78, 5) is 26.1. The van der Waals surface area contributed by atoms with Crippen molar-refractivity contribution in [3.8, 4) is 11.3 Å². The van der Waals surface area contributed by atoms with Gasteiger partial charge in [-0.3, -0.25) is 14.7 Å². The number of aryl methyl sites for hydroxylation is 1. The maximum Gasteiger partial charge on any atom is 0.222 e. The van der Waals surface area contributed by atoms with Crippen LogP contribution >= 0.6 is 0 Å². The van der Waals surface area contributed by atoms with Crippen molar-refractivity contribution in [2.24, 2.45) is 0 Å². The Morgan fingerprint density at radius 3 is 2.55 bits per heavy atom. The summed E-state index contributed by atoms with van der Waals surface area (Å²) in [6.07, 6.45) is 4.18. The molecular formula is C25H28FN3O2. The number of halogens is 1. The van der Waals surface area contributed by atoms with Crippen molar-refractivity contribution >= 4 is 11.7 Å². The van der Waals surface area contributed by atoms with Crippen LogP contribution in [0.1, 0.15) is 48.2 Å². The topological polar surface area (TPSA) is 66.1 Å². The van der Waals surface area contributed by atoms with E-state index in [1.165, 1.54) is 12.1 Å². The van der Waals surface area contributed by atoms with Gasteiger partial charge in [0.25, 0.3) is 0 Å². The molecule has 162 valence electrons. The number of carbonyl (C=O) groups excluding carboxylic acids is 2. The third kappa shape index (κ3) is 6.88.